The Hall–Kier alpha value is -1.34. The maximum absolute atomic E-state index is 9.63. The van der Waals surface area contributed by atoms with E-state index in [1.165, 1.54) is 0 Å². The van der Waals surface area contributed by atoms with Crippen LogP contribution in [0.2, 0.25) is 0 Å². The van der Waals surface area contributed by atoms with E-state index in [0.29, 0.717) is 0 Å². The van der Waals surface area contributed by atoms with Gasteiger partial charge in [-0.15, -0.1) is 0 Å². The molecule has 134 valence electrons. The molecule has 2 atom stereocenters. The van der Waals surface area contributed by atoms with Gasteiger partial charge in [0.1, 0.15) is 12.2 Å². The zero-order chi connectivity index (χ0) is 16.4. The van der Waals surface area contributed by atoms with E-state index in [0.717, 1.165) is 0 Å². The van der Waals surface area contributed by atoms with Crippen molar-refractivity contribution in [1.82, 2.24) is 12.3 Å². The van der Waals surface area contributed by atoms with E-state index in [-0.39, 0.29) is 32.1 Å². The van der Waals surface area contributed by atoms with Crippen LogP contribution in [0.3, 0.4) is 0 Å². The summed E-state index contributed by atoms with van der Waals surface area (Å²) in [6, 6.07) is 0. The van der Waals surface area contributed by atoms with Crippen LogP contribution in [0.25, 0.3) is 0 Å². The minimum atomic E-state index is -2.44. The second-order valence-corrected chi connectivity index (χ2v) is 2.48. The monoisotopic (exact) mass is 322 g/mol. The molecule has 0 radical (unpaired) electrons. The van der Waals surface area contributed by atoms with Gasteiger partial charge in [-0.2, -0.15) is 0 Å². The second-order valence-electron chi connectivity index (χ2n) is 2.48. The molecule has 0 aromatic carbocycles. The summed E-state index contributed by atoms with van der Waals surface area (Å²) >= 11 is 0. The maximum Gasteiger partial charge on any atom is 0.124 e. The molecule has 21 heavy (non-hydrogen) atoms. The van der Waals surface area contributed by atoms with Crippen molar-refractivity contribution in [1.29, 1.82) is 0 Å². The lowest BCUT2D eigenvalue weighted by Gasteiger charge is -2.18. The smallest absolute Gasteiger partial charge is 0.124 e. The van der Waals surface area contributed by atoms with Gasteiger partial charge >= 0.3 is 0 Å². The van der Waals surface area contributed by atoms with Crippen LogP contribution in [-0.2, 0) is 9.59 Å². The number of quaternary nitrogens is 2. The molecule has 0 heterocycles. The zero-order valence-corrected chi connectivity index (χ0v) is 13.1. The topological polar surface area (TPSA) is 254 Å². The van der Waals surface area contributed by atoms with E-state index in [9.17, 15) is 19.8 Å². The molecular weight excluding hydrogens is 292 g/mol. The zero-order valence-electron chi connectivity index (χ0n) is 13.1. The van der Waals surface area contributed by atoms with Crippen molar-refractivity contribution < 1.29 is 45.3 Å². The summed E-state index contributed by atoms with van der Waals surface area (Å²) in [5.74, 6) is -4.12. The van der Waals surface area contributed by atoms with Crippen LogP contribution in [0.1, 0.15) is 20.8 Å². The highest BCUT2D eigenvalue weighted by Crippen LogP contribution is 1.88. The molecule has 0 rings (SSSR count). The van der Waals surface area contributed by atoms with Gasteiger partial charge in [0, 0.05) is 19.8 Å². The minimum Gasteiger partial charge on any atom is -0.547 e. The summed E-state index contributed by atoms with van der Waals surface area (Å²) in [4.78, 5) is 19.3. The van der Waals surface area contributed by atoms with E-state index >= 15 is 0 Å². The number of carbonyl (C=O) groups is 2. The van der Waals surface area contributed by atoms with Crippen molar-refractivity contribution >= 4 is 11.9 Å². The maximum atomic E-state index is 9.63. The average Bonchev–Trinajstić information content (AvgIpc) is 2.30. The van der Waals surface area contributed by atoms with Gasteiger partial charge in [-0.25, -0.2) is 0 Å². The molecular formula is C10H30N2O9. The first-order valence-electron chi connectivity index (χ1n) is 5.31. The van der Waals surface area contributed by atoms with Crippen LogP contribution in [0.15, 0.2) is 0 Å². The Kier molecular flexibility index (Phi) is 54.5. The first-order chi connectivity index (χ1) is 8.71. The van der Waals surface area contributed by atoms with E-state index < -0.39 is 24.1 Å². The van der Waals surface area contributed by atoms with Crippen molar-refractivity contribution in [3.05, 3.63) is 0 Å². The molecule has 0 aromatic heterocycles. The van der Waals surface area contributed by atoms with E-state index in [2.05, 4.69) is 0 Å². The van der Waals surface area contributed by atoms with Gasteiger partial charge in [-0.1, -0.05) is 0 Å². The molecule has 0 aliphatic rings. The molecule has 0 aliphatic heterocycles. The Balaban J connectivity index is -0.0000000432. The van der Waals surface area contributed by atoms with Gasteiger partial charge in [0.2, 0.25) is 0 Å². The molecule has 13 N–H and O–H groups in total. The number of carbonyl (C=O) groups excluding carboxylic acids is 2. The molecule has 0 bridgehead atoms. The molecule has 2 unspecified atom stereocenters. The summed E-state index contributed by atoms with van der Waals surface area (Å²) in [5.41, 5.74) is 0. The number of carboxylic acids is 2. The Morgan fingerprint density at radius 3 is 0.905 bits per heavy atom. The van der Waals surface area contributed by atoms with Crippen LogP contribution in [0, 0.1) is 0 Å². The summed E-state index contributed by atoms with van der Waals surface area (Å²) < 4.78 is 0. The predicted octanol–water partition coefficient (Wildman–Crippen LogP) is -4.04. The van der Waals surface area contributed by atoms with E-state index in [4.69, 9.17) is 25.5 Å². The molecule has 0 saturated heterocycles. The number of carboxylic acid groups (broad SMARTS) is 2. The average molecular weight is 322 g/mol. The Labute approximate surface area is 123 Å². The number of aliphatic hydroxyl groups excluding tert-OH is 5. The van der Waals surface area contributed by atoms with Crippen molar-refractivity contribution in [2.75, 3.05) is 19.8 Å². The molecule has 11 heteroatoms. The van der Waals surface area contributed by atoms with Crippen LogP contribution in [0.4, 0.5) is 0 Å². The lowest BCUT2D eigenvalue weighted by Crippen LogP contribution is -2.51. The molecule has 0 aromatic rings. The fourth-order valence-electron chi connectivity index (χ4n) is 0.258. The first-order valence-corrected chi connectivity index (χ1v) is 5.31. The quantitative estimate of drug-likeness (QED) is 0.266. The second kappa shape index (κ2) is 31.2. The highest BCUT2D eigenvalue weighted by Gasteiger charge is 2.17. The van der Waals surface area contributed by atoms with Gasteiger partial charge in [-0.3, -0.25) is 0 Å². The van der Waals surface area contributed by atoms with E-state index in [1.807, 2.05) is 0 Å². The van der Waals surface area contributed by atoms with Crippen LogP contribution in [0.5, 0.6) is 0 Å². The Bertz CT molecular complexity index is 182. The lowest BCUT2D eigenvalue weighted by atomic mass is 10.2. The van der Waals surface area contributed by atoms with Crippen molar-refractivity contribution in [3.8, 4) is 0 Å². The molecule has 0 fully saturated rings. The SMILES string of the molecule is CCO.CCO.CCO.O=C([O-])C(O)C(O)C(=O)[O-].[NH4+].[NH4+]. The standard InChI is InChI=1S/C4H6O6.3C2H6O.2H3N/c5-1(3(7)8)2(6)4(9)10;3*1-2-3;;/h1-2,5-6H,(H,7,8)(H,9,10);3*3H,2H2,1H3;2*1H3. The minimum absolute atomic E-state index is 0. The van der Waals surface area contributed by atoms with Crippen LogP contribution >= 0.6 is 0 Å². The fourth-order valence-corrected chi connectivity index (χ4v) is 0.258. The number of hydrogen-bond donors (Lipinski definition) is 7. The summed E-state index contributed by atoms with van der Waals surface area (Å²) in [5, 5.41) is 58.4. The van der Waals surface area contributed by atoms with Crippen molar-refractivity contribution in [2.24, 2.45) is 0 Å². The molecule has 0 saturated carbocycles. The largest absolute Gasteiger partial charge is 0.547 e. The fraction of sp³-hybridized carbons (Fsp3) is 0.800. The van der Waals surface area contributed by atoms with Gasteiger partial charge in [0.25, 0.3) is 0 Å². The van der Waals surface area contributed by atoms with Crippen LogP contribution < -0.4 is 22.5 Å². The molecule has 0 amide bonds. The summed E-state index contributed by atoms with van der Waals surface area (Å²) in [7, 11) is 0. The van der Waals surface area contributed by atoms with Gasteiger partial charge in [-0.05, 0) is 20.8 Å². The highest BCUT2D eigenvalue weighted by atomic mass is 16.4. The third-order valence-electron chi connectivity index (χ3n) is 0.782. The van der Waals surface area contributed by atoms with Crippen LogP contribution in [-0.4, -0.2) is 69.5 Å². The molecule has 0 spiro atoms. The van der Waals surface area contributed by atoms with Crippen molar-refractivity contribution in [3.63, 3.8) is 0 Å². The first kappa shape index (κ1) is 36.7. The number of aliphatic carboxylic acids is 2. The molecule has 11 nitrogen and oxygen atoms in total. The van der Waals surface area contributed by atoms with Gasteiger partial charge in [0.05, 0.1) is 11.9 Å². The third-order valence-corrected chi connectivity index (χ3v) is 0.782. The number of rotatable bonds is 3. The Morgan fingerprint density at radius 2 is 0.857 bits per heavy atom. The Morgan fingerprint density at radius 1 is 0.762 bits per heavy atom. The normalized spacial score (nSPS) is 10.1. The number of hydrogen-bond acceptors (Lipinski definition) is 9. The van der Waals surface area contributed by atoms with Crippen molar-refractivity contribution in [2.45, 2.75) is 33.0 Å². The molecule has 0 aliphatic carbocycles. The predicted molar refractivity (Wildman–Crippen MR) is 72.3 cm³/mol. The van der Waals surface area contributed by atoms with Gasteiger partial charge in [0.15, 0.2) is 0 Å². The lowest BCUT2D eigenvalue weighted by molar-refractivity contribution is -0.333. The highest BCUT2D eigenvalue weighted by molar-refractivity contribution is 5.80. The summed E-state index contributed by atoms with van der Waals surface area (Å²) in [6.45, 7) is 5.79. The summed E-state index contributed by atoms with van der Waals surface area (Å²) in [6.07, 6.45) is -4.88. The number of aliphatic hydroxyl groups is 5. The van der Waals surface area contributed by atoms with E-state index in [1.54, 1.807) is 20.8 Å². The van der Waals surface area contributed by atoms with Gasteiger partial charge < -0.3 is 57.6 Å². The third kappa shape index (κ3) is 45.6.